The van der Waals surface area contributed by atoms with E-state index in [0.717, 1.165) is 11.2 Å². The minimum Gasteiger partial charge on any atom is -0.357 e. The van der Waals surface area contributed by atoms with Gasteiger partial charge in [0.25, 0.3) is 5.91 Å². The normalized spacial score (nSPS) is 11.1. The standard InChI is InChI=1S/C29H23FN6O3S/c1-31-29-34-17-22(18-35-29)19-40(38,39)26-9-6-24(15-23(26)5-2-20-3-7-25(30)8-4-20)28(37)33-16-21-10-12-36-13-11-32-27(36)14-21/h3-4,6-15,17-18H,16,19H2,1H3,(H,33,37)(H,31,34,35). The summed E-state index contributed by atoms with van der Waals surface area (Å²) in [6.07, 6.45) is 8.23. The summed E-state index contributed by atoms with van der Waals surface area (Å²) in [7, 11) is -2.23. The Bertz CT molecular complexity index is 1860. The summed E-state index contributed by atoms with van der Waals surface area (Å²) in [5.41, 5.74) is 2.88. The first-order valence-corrected chi connectivity index (χ1v) is 13.8. The van der Waals surface area contributed by atoms with Crippen LogP contribution >= 0.6 is 0 Å². The molecule has 5 rings (SSSR count). The van der Waals surface area contributed by atoms with Gasteiger partial charge >= 0.3 is 0 Å². The van der Waals surface area contributed by atoms with Crippen molar-refractivity contribution >= 4 is 27.3 Å². The fourth-order valence-corrected chi connectivity index (χ4v) is 5.38. The Kier molecular flexibility index (Phi) is 7.52. The van der Waals surface area contributed by atoms with Gasteiger partial charge in [0.05, 0.1) is 10.6 Å². The molecule has 5 aromatic rings. The third-order valence-electron chi connectivity index (χ3n) is 5.96. The van der Waals surface area contributed by atoms with Crippen molar-refractivity contribution in [1.29, 1.82) is 0 Å². The van der Waals surface area contributed by atoms with Crippen LogP contribution in [0.3, 0.4) is 0 Å². The Balaban J connectivity index is 1.44. The Morgan fingerprint density at radius 1 is 0.950 bits per heavy atom. The van der Waals surface area contributed by atoms with E-state index in [1.165, 1.54) is 54.9 Å². The number of anilines is 1. The Morgan fingerprint density at radius 2 is 1.73 bits per heavy atom. The molecule has 0 radical (unpaired) electrons. The van der Waals surface area contributed by atoms with Crippen molar-refractivity contribution in [2.24, 2.45) is 0 Å². The fourth-order valence-electron chi connectivity index (χ4n) is 3.92. The Labute approximate surface area is 230 Å². The molecule has 2 aromatic carbocycles. The summed E-state index contributed by atoms with van der Waals surface area (Å²) in [6.45, 7) is 0.251. The molecule has 2 N–H and O–H groups in total. The Morgan fingerprint density at radius 3 is 2.48 bits per heavy atom. The number of pyridine rings is 1. The quantitative estimate of drug-likeness (QED) is 0.295. The third-order valence-corrected chi connectivity index (χ3v) is 7.70. The van der Waals surface area contributed by atoms with Crippen LogP contribution in [0, 0.1) is 17.7 Å². The van der Waals surface area contributed by atoms with Crippen molar-refractivity contribution in [3.8, 4) is 11.8 Å². The molecule has 0 bridgehead atoms. The monoisotopic (exact) mass is 554 g/mol. The molecule has 0 atom stereocenters. The second-order valence-corrected chi connectivity index (χ2v) is 10.8. The number of carbonyl (C=O) groups excluding carboxylic acids is 1. The molecule has 0 fully saturated rings. The fraction of sp³-hybridized carbons (Fsp3) is 0.103. The number of halogens is 1. The van der Waals surface area contributed by atoms with E-state index in [1.54, 1.807) is 13.2 Å². The lowest BCUT2D eigenvalue weighted by atomic mass is 10.1. The summed E-state index contributed by atoms with van der Waals surface area (Å²) in [5.74, 6) is 4.93. The molecular weight excluding hydrogens is 531 g/mol. The highest BCUT2D eigenvalue weighted by Gasteiger charge is 2.21. The van der Waals surface area contributed by atoms with Crippen LogP contribution in [0.1, 0.15) is 32.6 Å². The molecule has 0 spiro atoms. The maximum absolute atomic E-state index is 13.4. The molecule has 0 saturated heterocycles. The summed E-state index contributed by atoms with van der Waals surface area (Å²) >= 11 is 0. The van der Waals surface area contributed by atoms with Gasteiger partial charge < -0.3 is 15.0 Å². The zero-order valence-corrected chi connectivity index (χ0v) is 22.1. The number of hydrogen-bond acceptors (Lipinski definition) is 7. The first-order valence-electron chi connectivity index (χ1n) is 12.1. The lowest BCUT2D eigenvalue weighted by molar-refractivity contribution is 0.0950. The minimum atomic E-state index is -3.89. The van der Waals surface area contributed by atoms with Gasteiger partial charge in [-0.25, -0.2) is 27.8 Å². The number of nitrogens with zero attached hydrogens (tertiary/aromatic N) is 4. The summed E-state index contributed by atoms with van der Waals surface area (Å²) in [6, 6.07) is 13.5. The highest BCUT2D eigenvalue weighted by molar-refractivity contribution is 7.90. The van der Waals surface area contributed by atoms with Crippen molar-refractivity contribution in [2.45, 2.75) is 17.2 Å². The molecule has 0 aliphatic rings. The first-order chi connectivity index (χ1) is 19.3. The van der Waals surface area contributed by atoms with E-state index in [-0.39, 0.29) is 28.3 Å². The van der Waals surface area contributed by atoms with E-state index in [9.17, 15) is 17.6 Å². The largest absolute Gasteiger partial charge is 0.357 e. The number of rotatable bonds is 7. The topological polar surface area (TPSA) is 118 Å². The van der Waals surface area contributed by atoms with E-state index >= 15 is 0 Å². The second-order valence-electron chi connectivity index (χ2n) is 8.80. The lowest BCUT2D eigenvalue weighted by Crippen LogP contribution is -2.23. The van der Waals surface area contributed by atoms with Crippen LogP contribution in [0.5, 0.6) is 0 Å². The van der Waals surface area contributed by atoms with Gasteiger partial charge in [-0.05, 0) is 60.2 Å². The van der Waals surface area contributed by atoms with Gasteiger partial charge in [0.1, 0.15) is 11.5 Å². The number of hydrogen-bond donors (Lipinski definition) is 2. The molecule has 40 heavy (non-hydrogen) atoms. The number of amides is 1. The van der Waals surface area contributed by atoms with Crippen LogP contribution in [-0.4, -0.2) is 40.7 Å². The maximum atomic E-state index is 13.4. The molecule has 0 unspecified atom stereocenters. The van der Waals surface area contributed by atoms with E-state index < -0.39 is 21.6 Å². The molecule has 1 amide bonds. The number of imidazole rings is 1. The van der Waals surface area contributed by atoms with E-state index in [4.69, 9.17) is 0 Å². The predicted octanol–water partition coefficient (Wildman–Crippen LogP) is 3.61. The number of sulfone groups is 1. The molecule has 0 aliphatic carbocycles. The summed E-state index contributed by atoms with van der Waals surface area (Å²) in [4.78, 5) is 25.4. The molecule has 200 valence electrons. The van der Waals surface area contributed by atoms with Gasteiger partial charge in [-0.1, -0.05) is 11.8 Å². The van der Waals surface area contributed by atoms with Crippen molar-refractivity contribution in [1.82, 2.24) is 24.7 Å². The number of benzene rings is 2. The van der Waals surface area contributed by atoms with Gasteiger partial charge in [0.2, 0.25) is 5.95 Å². The average Bonchev–Trinajstić information content (AvgIpc) is 3.44. The molecule has 9 nitrogen and oxygen atoms in total. The summed E-state index contributed by atoms with van der Waals surface area (Å²) < 4.78 is 42.0. The molecule has 3 heterocycles. The third kappa shape index (κ3) is 6.14. The maximum Gasteiger partial charge on any atom is 0.251 e. The average molecular weight is 555 g/mol. The SMILES string of the molecule is CNc1ncc(CS(=O)(=O)c2ccc(C(=O)NCc3ccn4ccnc4c3)cc2C#Cc2ccc(F)cc2)cn1. The van der Waals surface area contributed by atoms with Gasteiger partial charge in [0.15, 0.2) is 9.84 Å². The van der Waals surface area contributed by atoms with Crippen LogP contribution in [0.2, 0.25) is 0 Å². The van der Waals surface area contributed by atoms with Gasteiger partial charge in [-0.3, -0.25) is 4.79 Å². The number of aromatic nitrogens is 4. The number of nitrogens with one attached hydrogen (secondary N) is 2. The van der Waals surface area contributed by atoms with E-state index in [2.05, 4.69) is 37.4 Å². The van der Waals surface area contributed by atoms with Gasteiger partial charge in [-0.15, -0.1) is 0 Å². The Hall–Kier alpha value is -5.08. The van der Waals surface area contributed by atoms with Crippen LogP contribution < -0.4 is 10.6 Å². The van der Waals surface area contributed by atoms with Crippen LogP contribution in [0.4, 0.5) is 10.3 Å². The van der Waals surface area contributed by atoms with E-state index in [0.29, 0.717) is 17.1 Å². The molecule has 3 aromatic heterocycles. The minimum absolute atomic E-state index is 0.0406. The lowest BCUT2D eigenvalue weighted by Gasteiger charge is -2.10. The van der Waals surface area contributed by atoms with Crippen molar-refractivity contribution < 1.29 is 17.6 Å². The zero-order chi connectivity index (χ0) is 28.1. The molecule has 0 aliphatic heterocycles. The van der Waals surface area contributed by atoms with Crippen molar-refractivity contribution in [3.63, 3.8) is 0 Å². The highest BCUT2D eigenvalue weighted by Crippen LogP contribution is 2.22. The smallest absolute Gasteiger partial charge is 0.251 e. The van der Waals surface area contributed by atoms with Crippen LogP contribution in [0.25, 0.3) is 5.65 Å². The highest BCUT2D eigenvalue weighted by atomic mass is 32.2. The van der Waals surface area contributed by atoms with E-state index in [1.807, 2.05) is 28.9 Å². The molecule has 11 heteroatoms. The predicted molar refractivity (Wildman–Crippen MR) is 148 cm³/mol. The van der Waals surface area contributed by atoms with Crippen molar-refractivity contribution in [2.75, 3.05) is 12.4 Å². The molecule has 0 saturated carbocycles. The number of carbonyl (C=O) groups is 1. The van der Waals surface area contributed by atoms with Crippen LogP contribution in [0.15, 0.2) is 90.5 Å². The summed E-state index contributed by atoms with van der Waals surface area (Å²) in [5, 5.41) is 5.63. The van der Waals surface area contributed by atoms with Gasteiger partial charge in [-0.2, -0.15) is 0 Å². The van der Waals surface area contributed by atoms with Crippen LogP contribution in [-0.2, 0) is 22.1 Å². The molecular formula is C29H23FN6O3S. The zero-order valence-electron chi connectivity index (χ0n) is 21.3. The number of fused-ring (bicyclic) bond motifs is 1. The van der Waals surface area contributed by atoms with Crippen molar-refractivity contribution in [3.05, 3.63) is 119 Å². The second kappa shape index (κ2) is 11.3. The van der Waals surface area contributed by atoms with Gasteiger partial charge in [0, 0.05) is 66.8 Å². The first kappa shape index (κ1) is 26.5.